The van der Waals surface area contributed by atoms with E-state index in [-0.39, 0.29) is 12.1 Å². The van der Waals surface area contributed by atoms with Gasteiger partial charge in [-0.25, -0.2) is 4.79 Å². The van der Waals surface area contributed by atoms with Gasteiger partial charge in [0.15, 0.2) is 0 Å². The zero-order valence-corrected chi connectivity index (χ0v) is 13.5. The molecule has 4 rings (SSSR count). The minimum absolute atomic E-state index is 0.0379. The van der Waals surface area contributed by atoms with Crippen molar-refractivity contribution in [1.82, 2.24) is 4.90 Å². The topological polar surface area (TPSA) is 35.6 Å². The third-order valence-corrected chi connectivity index (χ3v) is 4.89. The lowest BCUT2D eigenvalue weighted by atomic mass is 9.97. The highest BCUT2D eigenvalue weighted by Crippen LogP contribution is 2.45. The zero-order chi connectivity index (χ0) is 16.0. The molecular weight excluding hydrogens is 286 g/mol. The van der Waals surface area contributed by atoms with E-state index in [1.54, 1.807) is 0 Å². The molecule has 2 aliphatic heterocycles. The molecule has 1 saturated heterocycles. The largest absolute Gasteiger partial charge is 0.326 e. The standard InChI is InChI=1S/C19H21N3O/c1-13-8-9-17-15(10-13)16-11-21(2)12-18(16)22(17)19(23)20-14-6-4-3-5-7-14/h3-10,16,18H,11-12H2,1-2H3,(H,20,23)/t16-,18-/m0/s1. The van der Waals surface area contributed by atoms with Gasteiger partial charge in [0.05, 0.1) is 6.04 Å². The van der Waals surface area contributed by atoms with Gasteiger partial charge in [0.25, 0.3) is 0 Å². The van der Waals surface area contributed by atoms with Crippen LogP contribution in [0.3, 0.4) is 0 Å². The van der Waals surface area contributed by atoms with E-state index in [1.807, 2.05) is 35.2 Å². The van der Waals surface area contributed by atoms with Crippen molar-refractivity contribution >= 4 is 17.4 Å². The molecule has 2 atom stereocenters. The molecule has 2 aromatic rings. The van der Waals surface area contributed by atoms with Crippen LogP contribution in [0.15, 0.2) is 48.5 Å². The normalized spacial score (nSPS) is 22.8. The lowest BCUT2D eigenvalue weighted by molar-refractivity contribution is 0.255. The Morgan fingerprint density at radius 1 is 1.13 bits per heavy atom. The summed E-state index contributed by atoms with van der Waals surface area (Å²) in [6, 6.07) is 16.3. The number of carbonyl (C=O) groups is 1. The molecule has 0 unspecified atom stereocenters. The van der Waals surface area contributed by atoms with Crippen molar-refractivity contribution in [1.29, 1.82) is 0 Å². The van der Waals surface area contributed by atoms with Crippen molar-refractivity contribution in [2.75, 3.05) is 30.4 Å². The smallest absolute Gasteiger partial charge is 0.308 e. The van der Waals surface area contributed by atoms with Crippen molar-refractivity contribution in [3.8, 4) is 0 Å². The molecule has 4 heteroatoms. The fourth-order valence-electron chi connectivity index (χ4n) is 3.88. The number of aryl methyl sites for hydroxylation is 1. The predicted octanol–water partition coefficient (Wildman–Crippen LogP) is 3.44. The van der Waals surface area contributed by atoms with E-state index < -0.39 is 0 Å². The first kappa shape index (κ1) is 14.3. The highest BCUT2D eigenvalue weighted by Gasteiger charge is 2.46. The van der Waals surface area contributed by atoms with E-state index in [4.69, 9.17) is 0 Å². The predicted molar refractivity (Wildman–Crippen MR) is 93.1 cm³/mol. The summed E-state index contributed by atoms with van der Waals surface area (Å²) >= 11 is 0. The second kappa shape index (κ2) is 5.39. The molecule has 2 aromatic carbocycles. The maximum absolute atomic E-state index is 12.9. The number of hydrogen-bond donors (Lipinski definition) is 1. The molecule has 0 radical (unpaired) electrons. The summed E-state index contributed by atoms with van der Waals surface area (Å²) in [5.74, 6) is 0.413. The Hall–Kier alpha value is -2.33. The lowest BCUT2D eigenvalue weighted by Gasteiger charge is -2.25. The van der Waals surface area contributed by atoms with Crippen LogP contribution >= 0.6 is 0 Å². The van der Waals surface area contributed by atoms with Crippen LogP contribution in [-0.2, 0) is 0 Å². The van der Waals surface area contributed by atoms with Crippen LogP contribution in [0.5, 0.6) is 0 Å². The Bertz CT molecular complexity index is 744. The minimum Gasteiger partial charge on any atom is -0.308 e. The monoisotopic (exact) mass is 307 g/mol. The maximum atomic E-state index is 12.9. The first-order valence-corrected chi connectivity index (χ1v) is 8.08. The highest BCUT2D eigenvalue weighted by atomic mass is 16.2. The van der Waals surface area contributed by atoms with Crippen molar-refractivity contribution in [3.63, 3.8) is 0 Å². The average molecular weight is 307 g/mol. The molecule has 23 heavy (non-hydrogen) atoms. The van der Waals surface area contributed by atoms with Crippen LogP contribution in [0.4, 0.5) is 16.2 Å². The molecule has 0 spiro atoms. The van der Waals surface area contributed by atoms with Gasteiger partial charge in [-0.3, -0.25) is 4.90 Å². The van der Waals surface area contributed by atoms with Crippen molar-refractivity contribution in [2.45, 2.75) is 18.9 Å². The van der Waals surface area contributed by atoms with Crippen molar-refractivity contribution < 1.29 is 4.79 Å². The number of rotatable bonds is 1. The number of likely N-dealkylation sites (tertiary alicyclic amines) is 1. The number of anilines is 2. The van der Waals surface area contributed by atoms with Crippen LogP contribution in [0.2, 0.25) is 0 Å². The second-order valence-electron chi connectivity index (χ2n) is 6.62. The second-order valence-corrected chi connectivity index (χ2v) is 6.62. The third-order valence-electron chi connectivity index (χ3n) is 4.89. The molecule has 0 saturated carbocycles. The first-order valence-electron chi connectivity index (χ1n) is 8.08. The van der Waals surface area contributed by atoms with E-state index in [9.17, 15) is 4.79 Å². The van der Waals surface area contributed by atoms with Crippen LogP contribution < -0.4 is 10.2 Å². The van der Waals surface area contributed by atoms with Crippen molar-refractivity contribution in [3.05, 3.63) is 59.7 Å². The van der Waals surface area contributed by atoms with Gasteiger partial charge in [-0.1, -0.05) is 35.9 Å². The molecule has 2 heterocycles. The molecular formula is C19H21N3O. The molecule has 1 N–H and O–H groups in total. The first-order chi connectivity index (χ1) is 11.1. The van der Waals surface area contributed by atoms with E-state index in [1.165, 1.54) is 11.1 Å². The summed E-state index contributed by atoms with van der Waals surface area (Å²) in [5.41, 5.74) is 4.46. The fourth-order valence-corrected chi connectivity index (χ4v) is 3.88. The number of hydrogen-bond acceptors (Lipinski definition) is 2. The number of para-hydroxylation sites is 1. The molecule has 2 aliphatic rings. The molecule has 0 aliphatic carbocycles. The van der Waals surface area contributed by atoms with Gasteiger partial charge in [-0.05, 0) is 37.7 Å². The minimum atomic E-state index is -0.0379. The van der Waals surface area contributed by atoms with E-state index >= 15 is 0 Å². The summed E-state index contributed by atoms with van der Waals surface area (Å²) < 4.78 is 0. The van der Waals surface area contributed by atoms with Gasteiger partial charge >= 0.3 is 6.03 Å². The third kappa shape index (κ3) is 2.39. The zero-order valence-electron chi connectivity index (χ0n) is 13.5. The van der Waals surface area contributed by atoms with E-state index in [2.05, 4.69) is 42.4 Å². The number of benzene rings is 2. The Kier molecular flexibility index (Phi) is 3.34. The van der Waals surface area contributed by atoms with Crippen LogP contribution in [0, 0.1) is 6.92 Å². The Morgan fingerprint density at radius 2 is 1.91 bits per heavy atom. The van der Waals surface area contributed by atoms with Gasteiger partial charge in [-0.2, -0.15) is 0 Å². The highest BCUT2D eigenvalue weighted by molar-refractivity contribution is 6.04. The van der Waals surface area contributed by atoms with Gasteiger partial charge < -0.3 is 10.2 Å². The summed E-state index contributed by atoms with van der Waals surface area (Å²) in [4.78, 5) is 17.2. The Labute approximate surface area is 136 Å². The molecule has 0 bridgehead atoms. The van der Waals surface area contributed by atoms with Gasteiger partial charge in [0.2, 0.25) is 0 Å². The van der Waals surface area contributed by atoms with E-state index in [0.29, 0.717) is 5.92 Å². The average Bonchev–Trinajstić information content (AvgIpc) is 3.03. The molecule has 118 valence electrons. The number of urea groups is 1. The summed E-state index contributed by atoms with van der Waals surface area (Å²) in [6.45, 7) is 4.04. The SMILES string of the molecule is Cc1ccc2c(c1)[C@@H]1CN(C)C[C@@H]1N2C(=O)Nc1ccccc1. The number of fused-ring (bicyclic) bond motifs is 3. The van der Waals surface area contributed by atoms with Crippen LogP contribution in [0.1, 0.15) is 17.0 Å². The number of nitrogens with one attached hydrogen (secondary N) is 1. The molecule has 1 fully saturated rings. The van der Waals surface area contributed by atoms with Crippen LogP contribution in [0.25, 0.3) is 0 Å². The lowest BCUT2D eigenvalue weighted by Crippen LogP contribution is -2.43. The van der Waals surface area contributed by atoms with Crippen molar-refractivity contribution in [2.24, 2.45) is 0 Å². The summed E-state index contributed by atoms with van der Waals surface area (Å²) in [7, 11) is 2.13. The van der Waals surface area contributed by atoms with E-state index in [0.717, 1.165) is 24.5 Å². The Balaban J connectivity index is 1.68. The maximum Gasteiger partial charge on any atom is 0.326 e. The number of likely N-dealkylation sites (N-methyl/N-ethyl adjacent to an activating group) is 1. The van der Waals surface area contributed by atoms with Gasteiger partial charge in [0.1, 0.15) is 0 Å². The molecule has 0 aromatic heterocycles. The summed E-state index contributed by atoms with van der Waals surface area (Å²) in [5, 5.41) is 3.04. The molecule has 2 amide bonds. The Morgan fingerprint density at radius 3 is 2.70 bits per heavy atom. The fraction of sp³-hybridized carbons (Fsp3) is 0.316. The van der Waals surface area contributed by atoms with Gasteiger partial charge in [-0.15, -0.1) is 0 Å². The number of amides is 2. The quantitative estimate of drug-likeness (QED) is 0.876. The molecule has 4 nitrogen and oxygen atoms in total. The number of nitrogens with zero attached hydrogens (tertiary/aromatic N) is 2. The summed E-state index contributed by atoms with van der Waals surface area (Å²) in [6.07, 6.45) is 0. The van der Waals surface area contributed by atoms with Crippen LogP contribution in [-0.4, -0.2) is 37.1 Å². The van der Waals surface area contributed by atoms with Gasteiger partial charge in [0, 0.05) is 30.4 Å². The number of carbonyl (C=O) groups excluding carboxylic acids is 1.